The van der Waals surface area contributed by atoms with Gasteiger partial charge in [0.25, 0.3) is 0 Å². The first-order valence-corrected chi connectivity index (χ1v) is 8.10. The molecule has 3 nitrogen and oxygen atoms in total. The molecule has 2 N–H and O–H groups in total. The van der Waals surface area contributed by atoms with Crippen molar-refractivity contribution in [1.29, 1.82) is 0 Å². The first-order valence-electron chi connectivity index (χ1n) is 6.53. The lowest BCUT2D eigenvalue weighted by atomic mass is 10.1. The molecule has 0 atom stereocenters. The molecule has 0 aliphatic carbocycles. The van der Waals surface area contributed by atoms with Crippen LogP contribution in [0.15, 0.2) is 18.2 Å². The van der Waals surface area contributed by atoms with E-state index in [1.165, 1.54) is 11.3 Å². The molecule has 0 saturated heterocycles. The standard InChI is InChI=1S/C15H15Cl2NO2S/c1-3-9-12(18)14(15(19)20-4-2)21-13(9)10-7-8(16)5-6-11(10)17/h5-7H,3-4,18H2,1-2H3. The average molecular weight is 344 g/mol. The molecule has 0 fully saturated rings. The summed E-state index contributed by atoms with van der Waals surface area (Å²) in [7, 11) is 0. The van der Waals surface area contributed by atoms with Crippen molar-refractivity contribution < 1.29 is 9.53 Å². The smallest absolute Gasteiger partial charge is 0.350 e. The summed E-state index contributed by atoms with van der Waals surface area (Å²) in [6.07, 6.45) is 0.694. The van der Waals surface area contributed by atoms with Crippen LogP contribution in [0.25, 0.3) is 10.4 Å². The zero-order valence-electron chi connectivity index (χ0n) is 11.7. The van der Waals surface area contributed by atoms with Crippen LogP contribution < -0.4 is 5.73 Å². The Bertz CT molecular complexity index is 683. The van der Waals surface area contributed by atoms with Gasteiger partial charge < -0.3 is 10.5 Å². The maximum atomic E-state index is 12.0. The van der Waals surface area contributed by atoms with E-state index in [1.807, 2.05) is 6.92 Å². The highest BCUT2D eigenvalue weighted by molar-refractivity contribution is 7.18. The second-order valence-electron chi connectivity index (χ2n) is 4.35. The number of carbonyl (C=O) groups excluding carboxylic acids is 1. The Hall–Kier alpha value is -1.23. The van der Waals surface area contributed by atoms with Gasteiger partial charge in [-0.1, -0.05) is 30.1 Å². The van der Waals surface area contributed by atoms with E-state index >= 15 is 0 Å². The minimum absolute atomic E-state index is 0.310. The summed E-state index contributed by atoms with van der Waals surface area (Å²) in [6, 6.07) is 5.24. The zero-order chi connectivity index (χ0) is 15.6. The SMILES string of the molecule is CCOC(=O)c1sc(-c2cc(Cl)ccc2Cl)c(CC)c1N. The number of carbonyl (C=O) groups is 1. The van der Waals surface area contributed by atoms with E-state index in [2.05, 4.69) is 0 Å². The fourth-order valence-corrected chi connectivity index (χ4v) is 3.74. The first kappa shape index (κ1) is 16.1. The van der Waals surface area contributed by atoms with Crippen LogP contribution in [-0.4, -0.2) is 12.6 Å². The molecule has 1 aromatic heterocycles. The molecular formula is C15H15Cl2NO2S. The van der Waals surface area contributed by atoms with Gasteiger partial charge in [0.15, 0.2) is 0 Å². The van der Waals surface area contributed by atoms with Crippen LogP contribution in [0.1, 0.15) is 29.1 Å². The molecule has 21 heavy (non-hydrogen) atoms. The number of thiophene rings is 1. The number of hydrogen-bond donors (Lipinski definition) is 1. The summed E-state index contributed by atoms with van der Waals surface area (Å²) in [5, 5.41) is 1.16. The number of rotatable bonds is 4. The minimum Gasteiger partial charge on any atom is -0.462 e. The van der Waals surface area contributed by atoms with Gasteiger partial charge in [-0.3, -0.25) is 0 Å². The van der Waals surface area contributed by atoms with Crippen molar-refractivity contribution in [3.63, 3.8) is 0 Å². The second-order valence-corrected chi connectivity index (χ2v) is 6.21. The molecular weight excluding hydrogens is 329 g/mol. The predicted octanol–water partition coefficient (Wildman–Crippen LogP) is 5.04. The van der Waals surface area contributed by atoms with Gasteiger partial charge in [0.2, 0.25) is 0 Å². The molecule has 0 aliphatic heterocycles. The Morgan fingerprint density at radius 2 is 2.05 bits per heavy atom. The molecule has 1 heterocycles. The van der Waals surface area contributed by atoms with E-state index in [-0.39, 0.29) is 0 Å². The van der Waals surface area contributed by atoms with Crippen LogP contribution in [0.3, 0.4) is 0 Å². The topological polar surface area (TPSA) is 52.3 Å². The van der Waals surface area contributed by atoms with Crippen LogP contribution in [0.2, 0.25) is 10.0 Å². The third-order valence-corrected chi connectivity index (χ3v) is 4.86. The third kappa shape index (κ3) is 3.18. The van der Waals surface area contributed by atoms with Gasteiger partial charge in [-0.2, -0.15) is 0 Å². The molecule has 0 radical (unpaired) electrons. The molecule has 6 heteroatoms. The van der Waals surface area contributed by atoms with Crippen molar-refractivity contribution in [1.82, 2.24) is 0 Å². The van der Waals surface area contributed by atoms with Gasteiger partial charge in [0.1, 0.15) is 4.88 Å². The Labute approximate surface area is 137 Å². The van der Waals surface area contributed by atoms with Gasteiger partial charge in [-0.05, 0) is 37.1 Å². The van der Waals surface area contributed by atoms with Crippen molar-refractivity contribution in [2.45, 2.75) is 20.3 Å². The molecule has 0 saturated carbocycles. The molecule has 112 valence electrons. The largest absolute Gasteiger partial charge is 0.462 e. The molecule has 2 aromatic rings. The number of esters is 1. The number of nitrogen functional groups attached to an aromatic ring is 1. The maximum absolute atomic E-state index is 12.0. The van der Waals surface area contributed by atoms with Gasteiger partial charge in [-0.25, -0.2) is 4.79 Å². The highest BCUT2D eigenvalue weighted by Gasteiger charge is 2.23. The summed E-state index contributed by atoms with van der Waals surface area (Å²) in [5.74, 6) is -0.404. The molecule has 2 rings (SSSR count). The fourth-order valence-electron chi connectivity index (χ4n) is 2.07. The van der Waals surface area contributed by atoms with E-state index in [0.717, 1.165) is 16.0 Å². The maximum Gasteiger partial charge on any atom is 0.350 e. The Kier molecular flexibility index (Phi) is 5.14. The van der Waals surface area contributed by atoms with E-state index in [4.69, 9.17) is 33.7 Å². The monoisotopic (exact) mass is 343 g/mol. The molecule has 0 amide bonds. The number of ether oxygens (including phenoxy) is 1. The van der Waals surface area contributed by atoms with E-state index in [0.29, 0.717) is 33.6 Å². The molecule has 0 bridgehead atoms. The highest BCUT2D eigenvalue weighted by atomic mass is 35.5. The highest BCUT2D eigenvalue weighted by Crippen LogP contribution is 2.42. The average Bonchev–Trinajstić information content (AvgIpc) is 2.78. The molecule has 0 spiro atoms. The summed E-state index contributed by atoms with van der Waals surface area (Å²) < 4.78 is 5.04. The minimum atomic E-state index is -0.404. The Morgan fingerprint density at radius 1 is 1.33 bits per heavy atom. The molecule has 0 unspecified atom stereocenters. The lowest BCUT2D eigenvalue weighted by Gasteiger charge is -2.05. The Balaban J connectivity index is 2.61. The van der Waals surface area contributed by atoms with Gasteiger partial charge in [0.05, 0.1) is 12.3 Å². The normalized spacial score (nSPS) is 10.7. The van der Waals surface area contributed by atoms with Crippen LogP contribution in [0.5, 0.6) is 0 Å². The summed E-state index contributed by atoms with van der Waals surface area (Å²) in [5.41, 5.74) is 8.25. The number of nitrogens with two attached hydrogens (primary N) is 1. The van der Waals surface area contributed by atoms with Crippen molar-refractivity contribution in [3.05, 3.63) is 38.7 Å². The summed E-state index contributed by atoms with van der Waals surface area (Å²) in [4.78, 5) is 13.3. The van der Waals surface area contributed by atoms with E-state index < -0.39 is 5.97 Å². The number of halogens is 2. The van der Waals surface area contributed by atoms with Gasteiger partial charge >= 0.3 is 5.97 Å². The summed E-state index contributed by atoms with van der Waals surface area (Å²) in [6.45, 7) is 4.05. The van der Waals surface area contributed by atoms with Crippen LogP contribution in [-0.2, 0) is 11.2 Å². The number of hydrogen-bond acceptors (Lipinski definition) is 4. The quantitative estimate of drug-likeness (QED) is 0.790. The predicted molar refractivity (Wildman–Crippen MR) is 89.5 cm³/mol. The Morgan fingerprint density at radius 3 is 2.67 bits per heavy atom. The number of benzene rings is 1. The van der Waals surface area contributed by atoms with Crippen molar-refractivity contribution in [2.24, 2.45) is 0 Å². The number of anilines is 1. The van der Waals surface area contributed by atoms with E-state index in [1.54, 1.807) is 25.1 Å². The molecule has 1 aromatic carbocycles. The second kappa shape index (κ2) is 6.69. The van der Waals surface area contributed by atoms with Gasteiger partial charge in [-0.15, -0.1) is 11.3 Å². The zero-order valence-corrected chi connectivity index (χ0v) is 14.0. The van der Waals surface area contributed by atoms with Crippen molar-refractivity contribution in [3.8, 4) is 10.4 Å². The fraction of sp³-hybridized carbons (Fsp3) is 0.267. The van der Waals surface area contributed by atoms with Crippen molar-refractivity contribution >= 4 is 46.2 Å². The lowest BCUT2D eigenvalue weighted by Crippen LogP contribution is -2.05. The van der Waals surface area contributed by atoms with Crippen LogP contribution in [0.4, 0.5) is 5.69 Å². The summed E-state index contributed by atoms with van der Waals surface area (Å²) >= 11 is 13.6. The molecule has 0 aliphatic rings. The van der Waals surface area contributed by atoms with Crippen LogP contribution >= 0.6 is 34.5 Å². The lowest BCUT2D eigenvalue weighted by molar-refractivity contribution is 0.0533. The first-order chi connectivity index (χ1) is 9.99. The van der Waals surface area contributed by atoms with E-state index in [9.17, 15) is 4.79 Å². The third-order valence-electron chi connectivity index (χ3n) is 3.04. The van der Waals surface area contributed by atoms with Crippen molar-refractivity contribution in [2.75, 3.05) is 12.3 Å². The van der Waals surface area contributed by atoms with Gasteiger partial charge in [0, 0.05) is 20.5 Å². The van der Waals surface area contributed by atoms with Crippen LogP contribution in [0, 0.1) is 0 Å².